The van der Waals surface area contributed by atoms with Crippen LogP contribution in [-0.2, 0) is 0 Å². The molecule has 0 aliphatic carbocycles. The fraction of sp³-hybridized carbons (Fsp3) is 0.667. The normalized spacial score (nSPS) is 21.3. The number of hydrogen-bond donors (Lipinski definition) is 0. The number of hydrogen-bond acceptors (Lipinski definition) is 3. The van der Waals surface area contributed by atoms with Gasteiger partial charge in [0, 0.05) is 24.0 Å². The predicted molar refractivity (Wildman–Crippen MR) is 68.3 cm³/mol. The zero-order chi connectivity index (χ0) is 12.3. The summed E-state index contributed by atoms with van der Waals surface area (Å²) in [7, 11) is 0. The van der Waals surface area contributed by atoms with Gasteiger partial charge in [0.05, 0.1) is 0 Å². The minimum Gasteiger partial charge on any atom is -0.361 e. The molecule has 1 saturated heterocycles. The number of alkyl halides is 1. The van der Waals surface area contributed by atoms with Crippen molar-refractivity contribution < 1.29 is 9.32 Å². The largest absolute Gasteiger partial charge is 0.361 e. The maximum atomic E-state index is 12.3. The highest BCUT2D eigenvalue weighted by molar-refractivity contribution is 9.09. The lowest BCUT2D eigenvalue weighted by Crippen LogP contribution is -2.41. The number of carbonyl (C=O) groups excluding carboxylic acids is 1. The molecule has 1 aliphatic heterocycles. The molecule has 94 valence electrons. The monoisotopic (exact) mass is 300 g/mol. The van der Waals surface area contributed by atoms with E-state index in [1.165, 1.54) is 12.8 Å². The third-order valence-corrected chi connectivity index (χ3v) is 3.91. The van der Waals surface area contributed by atoms with Crippen LogP contribution < -0.4 is 0 Å². The summed E-state index contributed by atoms with van der Waals surface area (Å²) in [6, 6.07) is 1.99. The first-order valence-corrected chi connectivity index (χ1v) is 7.15. The van der Waals surface area contributed by atoms with Gasteiger partial charge in [0.2, 0.25) is 0 Å². The molecule has 0 aromatic carbocycles. The quantitative estimate of drug-likeness (QED) is 0.789. The van der Waals surface area contributed by atoms with Gasteiger partial charge in [-0.15, -0.1) is 0 Å². The van der Waals surface area contributed by atoms with E-state index in [1.807, 2.05) is 4.90 Å². The highest BCUT2D eigenvalue weighted by Gasteiger charge is 2.27. The second-order valence-corrected chi connectivity index (χ2v) is 5.13. The highest BCUT2D eigenvalue weighted by Crippen LogP contribution is 2.20. The van der Waals surface area contributed by atoms with Crippen LogP contribution in [0.4, 0.5) is 0 Å². The lowest BCUT2D eigenvalue weighted by molar-refractivity contribution is 0.0691. The summed E-state index contributed by atoms with van der Waals surface area (Å²) < 4.78 is 4.97. The summed E-state index contributed by atoms with van der Waals surface area (Å²) in [5, 5.41) is 4.64. The molecule has 0 N–H and O–H groups in total. The molecule has 1 aromatic heterocycles. The summed E-state index contributed by atoms with van der Waals surface area (Å²) in [5.74, 6) is 0.673. The maximum Gasteiger partial charge on any atom is 0.276 e. The van der Waals surface area contributed by atoms with Gasteiger partial charge in [-0.1, -0.05) is 33.9 Å². The summed E-state index contributed by atoms with van der Waals surface area (Å²) in [6.07, 6.45) is 4.53. The highest BCUT2D eigenvalue weighted by atomic mass is 79.9. The molecule has 1 unspecified atom stereocenters. The van der Waals surface area contributed by atoms with Gasteiger partial charge in [-0.25, -0.2) is 0 Å². The first-order chi connectivity index (χ1) is 8.22. The second-order valence-electron chi connectivity index (χ2n) is 4.48. The van der Waals surface area contributed by atoms with Gasteiger partial charge in [0.15, 0.2) is 5.69 Å². The topological polar surface area (TPSA) is 46.3 Å². The van der Waals surface area contributed by atoms with Crippen LogP contribution in [0.15, 0.2) is 10.6 Å². The number of nitrogens with zero attached hydrogens (tertiary/aromatic N) is 2. The van der Waals surface area contributed by atoms with E-state index in [4.69, 9.17) is 4.52 Å². The van der Waals surface area contributed by atoms with Crippen molar-refractivity contribution in [2.75, 3.05) is 11.9 Å². The molecule has 1 atom stereocenters. The standard InChI is InChI=1S/C12H17BrN2O2/c1-9-7-11(14-17-9)12(16)15-6-4-2-3-5-10(15)8-13/h7,10H,2-6,8H2,1H3. The summed E-state index contributed by atoms with van der Waals surface area (Å²) in [6.45, 7) is 2.62. The Hall–Kier alpha value is -0.840. The molecule has 1 fully saturated rings. The Morgan fingerprint density at radius 3 is 3.06 bits per heavy atom. The number of halogens is 1. The SMILES string of the molecule is Cc1cc(C(=O)N2CCCCCC2CBr)no1. The van der Waals surface area contributed by atoms with Gasteiger partial charge < -0.3 is 9.42 Å². The van der Waals surface area contributed by atoms with Crippen molar-refractivity contribution in [3.05, 3.63) is 17.5 Å². The van der Waals surface area contributed by atoms with Gasteiger partial charge in [-0.2, -0.15) is 0 Å². The van der Waals surface area contributed by atoms with Crippen molar-refractivity contribution in [2.24, 2.45) is 0 Å². The van der Waals surface area contributed by atoms with Crippen LogP contribution >= 0.6 is 15.9 Å². The molecule has 1 aromatic rings. The third kappa shape index (κ3) is 2.89. The van der Waals surface area contributed by atoms with Crippen molar-refractivity contribution in [1.82, 2.24) is 10.1 Å². The van der Waals surface area contributed by atoms with Gasteiger partial charge in [-0.05, 0) is 19.8 Å². The fourth-order valence-corrected chi connectivity index (χ4v) is 2.89. The average molecular weight is 301 g/mol. The Morgan fingerprint density at radius 2 is 2.41 bits per heavy atom. The van der Waals surface area contributed by atoms with Crippen LogP contribution in [-0.4, -0.2) is 33.9 Å². The number of aryl methyl sites for hydroxylation is 1. The molecule has 17 heavy (non-hydrogen) atoms. The van der Waals surface area contributed by atoms with E-state index in [1.54, 1.807) is 13.0 Å². The molecule has 5 heteroatoms. The van der Waals surface area contributed by atoms with Crippen molar-refractivity contribution in [2.45, 2.75) is 38.6 Å². The Balaban J connectivity index is 2.15. The fourth-order valence-electron chi connectivity index (χ4n) is 2.22. The summed E-state index contributed by atoms with van der Waals surface area (Å²) in [4.78, 5) is 14.2. The molecule has 0 bridgehead atoms. The van der Waals surface area contributed by atoms with Crippen LogP contribution in [0.5, 0.6) is 0 Å². The Labute approximate surface area is 109 Å². The zero-order valence-corrected chi connectivity index (χ0v) is 11.6. The number of carbonyl (C=O) groups is 1. The lowest BCUT2D eigenvalue weighted by atomic mass is 10.1. The van der Waals surface area contributed by atoms with E-state index in [9.17, 15) is 4.79 Å². The number of aromatic nitrogens is 1. The van der Waals surface area contributed by atoms with Crippen LogP contribution in [0.25, 0.3) is 0 Å². The Kier molecular flexibility index (Phi) is 4.20. The first-order valence-electron chi connectivity index (χ1n) is 6.02. The van der Waals surface area contributed by atoms with Gasteiger partial charge in [0.25, 0.3) is 5.91 Å². The molecule has 1 amide bonds. The summed E-state index contributed by atoms with van der Waals surface area (Å²) >= 11 is 3.49. The van der Waals surface area contributed by atoms with E-state index in [0.717, 1.165) is 24.7 Å². The van der Waals surface area contributed by atoms with E-state index < -0.39 is 0 Å². The number of likely N-dealkylation sites (tertiary alicyclic amines) is 1. The average Bonchev–Trinajstić information content (AvgIpc) is 2.64. The van der Waals surface area contributed by atoms with E-state index in [0.29, 0.717) is 11.5 Å². The molecule has 4 nitrogen and oxygen atoms in total. The van der Waals surface area contributed by atoms with Gasteiger partial charge in [-0.3, -0.25) is 4.79 Å². The van der Waals surface area contributed by atoms with Crippen molar-refractivity contribution in [3.8, 4) is 0 Å². The maximum absolute atomic E-state index is 12.3. The minimum atomic E-state index is -0.00630. The molecule has 1 aliphatic rings. The van der Waals surface area contributed by atoms with Crippen molar-refractivity contribution >= 4 is 21.8 Å². The van der Waals surface area contributed by atoms with Crippen molar-refractivity contribution in [1.29, 1.82) is 0 Å². The third-order valence-electron chi connectivity index (χ3n) is 3.16. The van der Waals surface area contributed by atoms with E-state index in [2.05, 4.69) is 21.1 Å². The molecular weight excluding hydrogens is 284 g/mol. The van der Waals surface area contributed by atoms with Crippen LogP contribution in [0, 0.1) is 6.92 Å². The zero-order valence-electron chi connectivity index (χ0n) is 9.99. The smallest absolute Gasteiger partial charge is 0.276 e. The van der Waals surface area contributed by atoms with E-state index in [-0.39, 0.29) is 11.9 Å². The Morgan fingerprint density at radius 1 is 1.59 bits per heavy atom. The molecule has 2 heterocycles. The lowest BCUT2D eigenvalue weighted by Gasteiger charge is -2.27. The molecular formula is C12H17BrN2O2. The Bertz CT molecular complexity index is 392. The van der Waals surface area contributed by atoms with Crippen LogP contribution in [0.2, 0.25) is 0 Å². The van der Waals surface area contributed by atoms with Crippen molar-refractivity contribution in [3.63, 3.8) is 0 Å². The molecule has 0 radical (unpaired) electrons. The van der Waals surface area contributed by atoms with Crippen LogP contribution in [0.1, 0.15) is 41.9 Å². The van der Waals surface area contributed by atoms with E-state index >= 15 is 0 Å². The van der Waals surface area contributed by atoms with Crippen LogP contribution in [0.3, 0.4) is 0 Å². The molecule has 0 saturated carbocycles. The summed E-state index contributed by atoms with van der Waals surface area (Å²) in [5.41, 5.74) is 0.426. The minimum absolute atomic E-state index is 0.00630. The molecule has 2 rings (SSSR count). The first kappa shape index (κ1) is 12.6. The predicted octanol–water partition coefficient (Wildman–Crippen LogP) is 2.76. The number of amides is 1. The van der Waals surface area contributed by atoms with Gasteiger partial charge >= 0.3 is 0 Å². The molecule has 0 spiro atoms. The number of rotatable bonds is 2. The second kappa shape index (κ2) is 5.67. The van der Waals surface area contributed by atoms with Gasteiger partial charge in [0.1, 0.15) is 5.76 Å².